The van der Waals surface area contributed by atoms with Gasteiger partial charge in [0.25, 0.3) is 0 Å². The van der Waals surface area contributed by atoms with Crippen molar-refractivity contribution < 1.29 is 4.79 Å². The van der Waals surface area contributed by atoms with E-state index in [1.165, 1.54) is 0 Å². The summed E-state index contributed by atoms with van der Waals surface area (Å²) in [6.45, 7) is 8.01. The van der Waals surface area contributed by atoms with E-state index in [1.54, 1.807) is 0 Å². The van der Waals surface area contributed by atoms with Crippen molar-refractivity contribution in [2.24, 2.45) is 0 Å². The van der Waals surface area contributed by atoms with Crippen LogP contribution in [-0.4, -0.2) is 21.5 Å². The Morgan fingerprint density at radius 1 is 1.30 bits per heavy atom. The number of hydrogen-bond acceptors (Lipinski definition) is 2. The molecule has 2 aromatic rings. The van der Waals surface area contributed by atoms with E-state index in [0.717, 1.165) is 29.7 Å². The van der Waals surface area contributed by atoms with Crippen LogP contribution >= 0.6 is 0 Å². The molecule has 2 rings (SSSR count). The quantitative estimate of drug-likeness (QED) is 0.910. The molecule has 0 saturated carbocycles. The molecule has 4 nitrogen and oxygen atoms in total. The number of para-hydroxylation sites is 2. The predicted molar refractivity (Wildman–Crippen MR) is 81.7 cm³/mol. The number of rotatable bonds is 5. The number of aromatic nitrogens is 2. The van der Waals surface area contributed by atoms with E-state index in [9.17, 15) is 4.79 Å². The Kier molecular flexibility index (Phi) is 4.42. The first-order valence-electron chi connectivity index (χ1n) is 7.30. The molecule has 0 fully saturated rings. The van der Waals surface area contributed by atoms with Crippen LogP contribution < -0.4 is 5.32 Å². The minimum atomic E-state index is -0.244. The third-order valence-corrected chi connectivity index (χ3v) is 3.34. The van der Waals surface area contributed by atoms with Gasteiger partial charge >= 0.3 is 0 Å². The van der Waals surface area contributed by atoms with Gasteiger partial charge in [-0.15, -0.1) is 0 Å². The second-order valence-electron chi connectivity index (χ2n) is 5.48. The molecule has 1 N–H and O–H groups in total. The highest BCUT2D eigenvalue weighted by molar-refractivity contribution is 5.84. The van der Waals surface area contributed by atoms with E-state index in [0.29, 0.717) is 0 Å². The van der Waals surface area contributed by atoms with Gasteiger partial charge in [-0.1, -0.05) is 19.1 Å². The number of carbonyl (C=O) groups is 1. The molecule has 108 valence electrons. The number of aryl methyl sites for hydroxylation is 1. The zero-order valence-electron chi connectivity index (χ0n) is 12.7. The highest BCUT2D eigenvalue weighted by Crippen LogP contribution is 2.22. The summed E-state index contributed by atoms with van der Waals surface area (Å²) < 4.78 is 2.07. The third-order valence-electron chi connectivity index (χ3n) is 3.34. The van der Waals surface area contributed by atoms with Gasteiger partial charge < -0.3 is 9.88 Å². The van der Waals surface area contributed by atoms with E-state index in [4.69, 9.17) is 0 Å². The normalized spacial score (nSPS) is 12.8. The minimum Gasteiger partial charge on any atom is -0.352 e. The Morgan fingerprint density at radius 2 is 2.00 bits per heavy atom. The van der Waals surface area contributed by atoms with E-state index >= 15 is 0 Å². The standard InChI is InChI=1S/C16H23N3O/c1-5-8-15-18-13-9-6-7-10-14(13)19(15)12(4)16(20)17-11(2)3/h6-7,9-12H,5,8H2,1-4H3,(H,17,20). The molecule has 0 spiro atoms. The number of carbonyl (C=O) groups excluding carboxylic acids is 1. The molecule has 0 radical (unpaired) electrons. The van der Waals surface area contributed by atoms with Crippen LogP contribution in [0, 0.1) is 0 Å². The number of nitrogens with one attached hydrogen (secondary N) is 1. The van der Waals surface area contributed by atoms with Crippen LogP contribution in [0.3, 0.4) is 0 Å². The van der Waals surface area contributed by atoms with Crippen LogP contribution in [-0.2, 0) is 11.2 Å². The molecule has 1 atom stereocenters. The van der Waals surface area contributed by atoms with Crippen molar-refractivity contribution in [3.63, 3.8) is 0 Å². The molecule has 1 aromatic heterocycles. The summed E-state index contributed by atoms with van der Waals surface area (Å²) in [5.74, 6) is 1.03. The molecule has 4 heteroatoms. The fraction of sp³-hybridized carbons (Fsp3) is 0.500. The second-order valence-corrected chi connectivity index (χ2v) is 5.48. The summed E-state index contributed by atoms with van der Waals surface area (Å²) in [4.78, 5) is 17.0. The molecule has 0 saturated heterocycles. The molecular weight excluding hydrogens is 250 g/mol. The molecule has 0 aliphatic heterocycles. The zero-order chi connectivity index (χ0) is 14.7. The molecule has 1 heterocycles. The Balaban J connectivity index is 2.45. The van der Waals surface area contributed by atoms with Crippen LogP contribution in [0.2, 0.25) is 0 Å². The first kappa shape index (κ1) is 14.6. The molecule has 0 bridgehead atoms. The maximum absolute atomic E-state index is 12.3. The number of amides is 1. The van der Waals surface area contributed by atoms with Crippen LogP contribution in [0.1, 0.15) is 46.0 Å². The first-order valence-corrected chi connectivity index (χ1v) is 7.30. The molecule has 0 aliphatic rings. The Hall–Kier alpha value is -1.84. The van der Waals surface area contributed by atoms with Gasteiger partial charge in [-0.3, -0.25) is 4.79 Å². The largest absolute Gasteiger partial charge is 0.352 e. The highest BCUT2D eigenvalue weighted by atomic mass is 16.2. The monoisotopic (exact) mass is 273 g/mol. The summed E-state index contributed by atoms with van der Waals surface area (Å²) in [6.07, 6.45) is 1.90. The maximum Gasteiger partial charge on any atom is 0.243 e. The summed E-state index contributed by atoms with van der Waals surface area (Å²) in [5.41, 5.74) is 1.99. The Morgan fingerprint density at radius 3 is 2.65 bits per heavy atom. The number of fused-ring (bicyclic) bond motifs is 1. The van der Waals surface area contributed by atoms with Gasteiger partial charge in [0.1, 0.15) is 11.9 Å². The van der Waals surface area contributed by atoms with E-state index < -0.39 is 0 Å². The number of hydrogen-bond donors (Lipinski definition) is 1. The fourth-order valence-corrected chi connectivity index (χ4v) is 2.45. The average Bonchev–Trinajstić information content (AvgIpc) is 2.75. The van der Waals surface area contributed by atoms with E-state index in [1.807, 2.05) is 45.0 Å². The lowest BCUT2D eigenvalue weighted by Crippen LogP contribution is -2.36. The van der Waals surface area contributed by atoms with Gasteiger partial charge in [-0.2, -0.15) is 0 Å². The summed E-state index contributed by atoms with van der Waals surface area (Å²) in [6, 6.07) is 7.90. The van der Waals surface area contributed by atoms with Crippen molar-refractivity contribution in [2.45, 2.75) is 52.6 Å². The summed E-state index contributed by atoms with van der Waals surface area (Å²) in [5, 5.41) is 2.98. The van der Waals surface area contributed by atoms with Crippen molar-refractivity contribution in [1.29, 1.82) is 0 Å². The van der Waals surface area contributed by atoms with Gasteiger partial charge in [0, 0.05) is 12.5 Å². The van der Waals surface area contributed by atoms with Gasteiger partial charge in [-0.05, 0) is 39.3 Å². The second kappa shape index (κ2) is 6.07. The van der Waals surface area contributed by atoms with Crippen molar-refractivity contribution in [3.8, 4) is 0 Å². The molecular formula is C16H23N3O. The lowest BCUT2D eigenvalue weighted by atomic mass is 10.2. The Bertz CT molecular complexity index is 601. The lowest BCUT2D eigenvalue weighted by molar-refractivity contribution is -0.124. The average molecular weight is 273 g/mol. The molecule has 1 unspecified atom stereocenters. The molecule has 1 aromatic carbocycles. The SMILES string of the molecule is CCCc1nc2ccccc2n1C(C)C(=O)NC(C)C. The first-order chi connectivity index (χ1) is 9.54. The molecule has 0 aliphatic carbocycles. The van der Waals surface area contributed by atoms with Crippen LogP contribution in [0.5, 0.6) is 0 Å². The summed E-state index contributed by atoms with van der Waals surface area (Å²) in [7, 11) is 0. The fourth-order valence-electron chi connectivity index (χ4n) is 2.45. The van der Waals surface area contributed by atoms with Gasteiger partial charge in [-0.25, -0.2) is 4.98 Å². The predicted octanol–water partition coefficient (Wildman–Crippen LogP) is 3.07. The van der Waals surface area contributed by atoms with Gasteiger partial charge in [0.15, 0.2) is 0 Å². The van der Waals surface area contributed by atoms with Crippen LogP contribution in [0.4, 0.5) is 0 Å². The van der Waals surface area contributed by atoms with Crippen molar-refractivity contribution >= 4 is 16.9 Å². The van der Waals surface area contributed by atoms with Crippen molar-refractivity contribution in [2.75, 3.05) is 0 Å². The van der Waals surface area contributed by atoms with Crippen molar-refractivity contribution in [3.05, 3.63) is 30.1 Å². The topological polar surface area (TPSA) is 46.9 Å². The van der Waals surface area contributed by atoms with Crippen LogP contribution in [0.25, 0.3) is 11.0 Å². The van der Waals surface area contributed by atoms with Crippen LogP contribution in [0.15, 0.2) is 24.3 Å². The summed E-state index contributed by atoms with van der Waals surface area (Å²) >= 11 is 0. The highest BCUT2D eigenvalue weighted by Gasteiger charge is 2.21. The van der Waals surface area contributed by atoms with E-state index in [-0.39, 0.29) is 18.0 Å². The molecule has 1 amide bonds. The number of nitrogens with zero attached hydrogens (tertiary/aromatic N) is 2. The molecule has 20 heavy (non-hydrogen) atoms. The van der Waals surface area contributed by atoms with Crippen molar-refractivity contribution in [1.82, 2.24) is 14.9 Å². The smallest absolute Gasteiger partial charge is 0.243 e. The zero-order valence-corrected chi connectivity index (χ0v) is 12.7. The van der Waals surface area contributed by atoms with Gasteiger partial charge in [0.2, 0.25) is 5.91 Å². The Labute approximate surface area is 120 Å². The number of imidazole rings is 1. The minimum absolute atomic E-state index is 0.0421. The van der Waals surface area contributed by atoms with Gasteiger partial charge in [0.05, 0.1) is 11.0 Å². The maximum atomic E-state index is 12.3. The number of benzene rings is 1. The lowest BCUT2D eigenvalue weighted by Gasteiger charge is -2.19. The van der Waals surface area contributed by atoms with E-state index in [2.05, 4.69) is 21.8 Å². The third kappa shape index (κ3) is 2.84.